The summed E-state index contributed by atoms with van der Waals surface area (Å²) in [6.45, 7) is 19.2. The average molecular weight is 413 g/mol. The third kappa shape index (κ3) is 4.37. The first-order valence-corrected chi connectivity index (χ1v) is 12.5. The fraction of sp³-hybridized carbons (Fsp3) is 0.786. The normalized spacial score (nSPS) is 38.5. The number of rotatable bonds is 4. The van der Waals surface area contributed by atoms with E-state index in [4.69, 9.17) is 11.5 Å². The largest absolute Gasteiger partial charge is 0.327 e. The summed E-state index contributed by atoms with van der Waals surface area (Å²) in [5.74, 6) is 3.79. The lowest BCUT2D eigenvalue weighted by Gasteiger charge is -2.46. The van der Waals surface area contributed by atoms with E-state index in [2.05, 4.69) is 79.7 Å². The lowest BCUT2D eigenvalue weighted by molar-refractivity contribution is 0.126. The zero-order valence-electron chi connectivity index (χ0n) is 20.9. The second-order valence-corrected chi connectivity index (χ2v) is 12.4. The summed E-state index contributed by atoms with van der Waals surface area (Å²) in [6.07, 6.45) is 4.95. The predicted molar refractivity (Wildman–Crippen MR) is 131 cm³/mol. The van der Waals surface area contributed by atoms with Crippen LogP contribution in [0, 0.1) is 35.5 Å². The van der Waals surface area contributed by atoms with Gasteiger partial charge in [-0.05, 0) is 83.1 Å². The van der Waals surface area contributed by atoms with Crippen molar-refractivity contribution in [2.75, 3.05) is 0 Å². The molecule has 2 aliphatic carbocycles. The van der Waals surface area contributed by atoms with Gasteiger partial charge in [0.2, 0.25) is 0 Å². The van der Waals surface area contributed by atoms with Gasteiger partial charge in [-0.3, -0.25) is 0 Å². The van der Waals surface area contributed by atoms with Gasteiger partial charge in [-0.2, -0.15) is 0 Å². The Labute approximate surface area is 186 Å². The molecule has 2 aliphatic rings. The van der Waals surface area contributed by atoms with Crippen LogP contribution in [0.25, 0.3) is 0 Å². The molecule has 0 heterocycles. The third-order valence-electron chi connectivity index (χ3n) is 9.65. The van der Waals surface area contributed by atoms with E-state index < -0.39 is 0 Å². The van der Waals surface area contributed by atoms with Crippen molar-refractivity contribution in [3.63, 3.8) is 0 Å². The van der Waals surface area contributed by atoms with Crippen molar-refractivity contribution in [3.05, 3.63) is 35.4 Å². The van der Waals surface area contributed by atoms with Crippen LogP contribution in [0.5, 0.6) is 0 Å². The highest BCUT2D eigenvalue weighted by atomic mass is 14.7. The first kappa shape index (κ1) is 23.8. The lowest BCUT2D eigenvalue weighted by atomic mass is 9.60. The van der Waals surface area contributed by atoms with Crippen molar-refractivity contribution in [2.24, 2.45) is 47.0 Å². The molecule has 30 heavy (non-hydrogen) atoms. The fourth-order valence-corrected chi connectivity index (χ4v) is 6.71. The molecule has 0 amide bonds. The molecule has 2 heteroatoms. The zero-order valence-corrected chi connectivity index (χ0v) is 20.9. The molecule has 0 radical (unpaired) electrons. The summed E-state index contributed by atoms with van der Waals surface area (Å²) >= 11 is 0. The maximum absolute atomic E-state index is 6.45. The maximum Gasteiger partial charge on any atom is 0.00905 e. The van der Waals surface area contributed by atoms with Crippen LogP contribution in [0.2, 0.25) is 0 Å². The summed E-state index contributed by atoms with van der Waals surface area (Å²) in [4.78, 5) is 0. The van der Waals surface area contributed by atoms with Crippen LogP contribution in [0.3, 0.4) is 0 Å². The molecule has 4 atom stereocenters. The summed E-state index contributed by atoms with van der Waals surface area (Å²) in [5, 5.41) is 0. The zero-order chi connectivity index (χ0) is 22.4. The Balaban J connectivity index is 1.86. The molecule has 0 aromatic heterocycles. The van der Waals surface area contributed by atoms with Crippen molar-refractivity contribution >= 4 is 0 Å². The van der Waals surface area contributed by atoms with E-state index in [0.717, 1.165) is 0 Å². The van der Waals surface area contributed by atoms with E-state index >= 15 is 0 Å². The molecule has 3 rings (SSSR count). The molecule has 2 nitrogen and oxygen atoms in total. The Morgan fingerprint density at radius 3 is 1.23 bits per heavy atom. The Morgan fingerprint density at radius 1 is 0.633 bits per heavy atom. The van der Waals surface area contributed by atoms with Crippen molar-refractivity contribution in [1.82, 2.24) is 0 Å². The first-order chi connectivity index (χ1) is 13.9. The van der Waals surface area contributed by atoms with Crippen LogP contribution in [-0.4, -0.2) is 12.1 Å². The third-order valence-corrected chi connectivity index (χ3v) is 9.65. The van der Waals surface area contributed by atoms with E-state index in [9.17, 15) is 0 Å². The summed E-state index contributed by atoms with van der Waals surface area (Å²) < 4.78 is 0. The molecule has 0 aliphatic heterocycles. The quantitative estimate of drug-likeness (QED) is 0.613. The van der Waals surface area contributed by atoms with Gasteiger partial charge in [0.25, 0.3) is 0 Å². The SMILES string of the molecule is CC1CC(C(C)(C)c2cccc(C(C)(C)C3CC(C)C(N)C(C)C3)c2)CC(C)C1N. The Bertz CT molecular complexity index is 640. The first-order valence-electron chi connectivity index (χ1n) is 12.5. The van der Waals surface area contributed by atoms with Gasteiger partial charge in [0.1, 0.15) is 0 Å². The van der Waals surface area contributed by atoms with E-state index in [1.807, 2.05) is 0 Å². The topological polar surface area (TPSA) is 52.0 Å². The van der Waals surface area contributed by atoms with Gasteiger partial charge >= 0.3 is 0 Å². The van der Waals surface area contributed by atoms with Crippen LogP contribution >= 0.6 is 0 Å². The fourth-order valence-electron chi connectivity index (χ4n) is 6.71. The molecule has 0 saturated heterocycles. The van der Waals surface area contributed by atoms with Gasteiger partial charge in [-0.1, -0.05) is 79.7 Å². The lowest BCUT2D eigenvalue weighted by Crippen LogP contribution is -2.46. The molecular formula is C28H48N2. The highest BCUT2D eigenvalue weighted by molar-refractivity contribution is 5.35. The Morgan fingerprint density at radius 2 is 0.933 bits per heavy atom. The van der Waals surface area contributed by atoms with Gasteiger partial charge in [0, 0.05) is 12.1 Å². The minimum Gasteiger partial charge on any atom is -0.327 e. The summed E-state index contributed by atoms with van der Waals surface area (Å²) in [6, 6.07) is 10.3. The van der Waals surface area contributed by atoms with Crippen molar-refractivity contribution in [3.8, 4) is 0 Å². The van der Waals surface area contributed by atoms with E-state index in [0.29, 0.717) is 47.6 Å². The van der Waals surface area contributed by atoms with E-state index in [-0.39, 0.29) is 10.8 Å². The molecule has 0 bridgehead atoms. The minimum atomic E-state index is 0.171. The summed E-state index contributed by atoms with van der Waals surface area (Å²) in [5.41, 5.74) is 16.3. The van der Waals surface area contributed by atoms with Gasteiger partial charge in [-0.15, -0.1) is 0 Å². The second kappa shape index (κ2) is 8.58. The maximum atomic E-state index is 6.45. The van der Waals surface area contributed by atoms with Crippen molar-refractivity contribution in [2.45, 2.75) is 104 Å². The van der Waals surface area contributed by atoms with Gasteiger partial charge in [0.15, 0.2) is 0 Å². The highest BCUT2D eigenvalue weighted by Crippen LogP contribution is 2.47. The van der Waals surface area contributed by atoms with Crippen molar-refractivity contribution < 1.29 is 0 Å². The summed E-state index contributed by atoms with van der Waals surface area (Å²) in [7, 11) is 0. The van der Waals surface area contributed by atoms with Gasteiger partial charge in [-0.25, -0.2) is 0 Å². The monoisotopic (exact) mass is 412 g/mol. The highest BCUT2D eigenvalue weighted by Gasteiger charge is 2.42. The van der Waals surface area contributed by atoms with E-state index in [1.54, 1.807) is 0 Å². The van der Waals surface area contributed by atoms with Crippen LogP contribution in [0.1, 0.15) is 92.2 Å². The van der Waals surface area contributed by atoms with Crippen LogP contribution < -0.4 is 11.5 Å². The van der Waals surface area contributed by atoms with Crippen LogP contribution in [-0.2, 0) is 10.8 Å². The average Bonchev–Trinajstić information content (AvgIpc) is 2.69. The van der Waals surface area contributed by atoms with E-state index in [1.165, 1.54) is 36.8 Å². The molecular weight excluding hydrogens is 364 g/mol. The standard InChI is InChI=1S/C28H48N2/c1-17-12-23(13-18(2)25(17)29)27(5,6)21-10-9-11-22(16-21)28(7,8)24-14-19(3)26(30)20(4)15-24/h9-11,16-20,23-26H,12-15,29-30H2,1-8H3. The Kier molecular flexibility index (Phi) is 6.81. The number of hydrogen-bond acceptors (Lipinski definition) is 2. The van der Waals surface area contributed by atoms with Gasteiger partial charge < -0.3 is 11.5 Å². The van der Waals surface area contributed by atoms with Crippen molar-refractivity contribution in [1.29, 1.82) is 0 Å². The van der Waals surface area contributed by atoms with Crippen LogP contribution in [0.4, 0.5) is 0 Å². The molecule has 0 spiro atoms. The molecule has 1 aromatic carbocycles. The number of hydrogen-bond donors (Lipinski definition) is 2. The molecule has 170 valence electrons. The smallest absolute Gasteiger partial charge is 0.00905 e. The second-order valence-electron chi connectivity index (χ2n) is 12.4. The van der Waals surface area contributed by atoms with Crippen LogP contribution in [0.15, 0.2) is 24.3 Å². The Hall–Kier alpha value is -0.860. The molecule has 2 fully saturated rings. The molecule has 4 unspecified atom stereocenters. The number of benzene rings is 1. The minimum absolute atomic E-state index is 0.171. The van der Waals surface area contributed by atoms with Gasteiger partial charge in [0.05, 0.1) is 0 Å². The predicted octanol–water partition coefficient (Wildman–Crippen LogP) is 6.26. The molecule has 2 saturated carbocycles. The molecule has 4 N–H and O–H groups in total. The number of nitrogens with two attached hydrogens (primary N) is 2. The molecule has 1 aromatic rings.